The van der Waals surface area contributed by atoms with Crippen LogP contribution in [0.25, 0.3) is 21.3 Å². The van der Waals surface area contributed by atoms with E-state index in [0.717, 1.165) is 28.8 Å². The molecule has 0 unspecified atom stereocenters. The van der Waals surface area contributed by atoms with E-state index in [1.165, 1.54) is 27.8 Å². The number of benzene rings is 2. The summed E-state index contributed by atoms with van der Waals surface area (Å²) in [5.41, 5.74) is 4.73. The fraction of sp³-hybridized carbons (Fsp3) is 0.240. The van der Waals surface area contributed by atoms with Gasteiger partial charge in [0.25, 0.3) is 5.56 Å². The predicted molar refractivity (Wildman–Crippen MR) is 128 cm³/mol. The van der Waals surface area contributed by atoms with Crippen molar-refractivity contribution in [1.29, 1.82) is 0 Å². The fourth-order valence-electron chi connectivity index (χ4n) is 3.67. The lowest BCUT2D eigenvalue weighted by Crippen LogP contribution is -2.28. The largest absolute Gasteiger partial charge is 0.324 e. The van der Waals surface area contributed by atoms with Crippen molar-refractivity contribution in [3.63, 3.8) is 0 Å². The van der Waals surface area contributed by atoms with Crippen molar-refractivity contribution in [3.05, 3.63) is 81.7 Å². The molecule has 1 N–H and O–H groups in total. The summed E-state index contributed by atoms with van der Waals surface area (Å²) in [6, 6.07) is 16.0. The van der Waals surface area contributed by atoms with E-state index >= 15 is 0 Å². The molecule has 0 bridgehead atoms. The van der Waals surface area contributed by atoms with Crippen molar-refractivity contribution in [1.82, 2.24) is 9.55 Å². The first kappa shape index (κ1) is 21.0. The zero-order valence-electron chi connectivity index (χ0n) is 17.9. The van der Waals surface area contributed by atoms with Gasteiger partial charge >= 0.3 is 0 Å². The first-order valence-electron chi connectivity index (χ1n) is 10.4. The number of nitrogens with zero attached hydrogens (tertiary/aromatic N) is 2. The molecule has 0 spiro atoms. The number of amides is 1. The highest BCUT2D eigenvalue weighted by atomic mass is 32.1. The van der Waals surface area contributed by atoms with E-state index in [1.807, 2.05) is 41.8 Å². The number of fused-ring (bicyclic) bond motifs is 1. The highest BCUT2D eigenvalue weighted by molar-refractivity contribution is 7.17. The van der Waals surface area contributed by atoms with Crippen molar-refractivity contribution < 1.29 is 4.79 Å². The summed E-state index contributed by atoms with van der Waals surface area (Å²) in [6.07, 6.45) is 2.42. The van der Waals surface area contributed by atoms with Gasteiger partial charge in [-0.1, -0.05) is 63.2 Å². The summed E-state index contributed by atoms with van der Waals surface area (Å²) in [5, 5.41) is 5.47. The third-order valence-corrected chi connectivity index (χ3v) is 6.29. The monoisotopic (exact) mass is 431 g/mol. The quantitative estimate of drug-likeness (QED) is 0.441. The highest BCUT2D eigenvalue weighted by Crippen LogP contribution is 2.31. The minimum Gasteiger partial charge on any atom is -0.324 e. The van der Waals surface area contributed by atoms with E-state index in [-0.39, 0.29) is 23.9 Å². The maximum atomic E-state index is 13.2. The molecule has 158 valence electrons. The summed E-state index contributed by atoms with van der Waals surface area (Å²) >= 11 is 1.44. The molecule has 31 heavy (non-hydrogen) atoms. The van der Waals surface area contributed by atoms with Gasteiger partial charge in [0.05, 0.1) is 11.7 Å². The Morgan fingerprint density at radius 2 is 1.87 bits per heavy atom. The molecule has 0 atom stereocenters. The maximum Gasteiger partial charge on any atom is 0.263 e. The average molecular weight is 432 g/mol. The number of anilines is 1. The molecular formula is C25H25N3O2S. The summed E-state index contributed by atoms with van der Waals surface area (Å²) in [7, 11) is 0. The number of rotatable bonds is 6. The SMILES string of the molecule is CCc1ccc(-c2csc3ncn(CC(=O)Nc4ccccc4C(C)C)c(=O)c23)cc1. The normalized spacial score (nSPS) is 11.2. The molecule has 4 aromatic rings. The Morgan fingerprint density at radius 3 is 2.58 bits per heavy atom. The van der Waals surface area contributed by atoms with Gasteiger partial charge in [-0.2, -0.15) is 0 Å². The number of aryl methyl sites for hydroxylation is 1. The van der Waals surface area contributed by atoms with Crippen molar-refractivity contribution in [2.45, 2.75) is 39.7 Å². The topological polar surface area (TPSA) is 64.0 Å². The Morgan fingerprint density at radius 1 is 1.13 bits per heavy atom. The number of aromatic nitrogens is 2. The van der Waals surface area contributed by atoms with Crippen LogP contribution in [-0.2, 0) is 17.8 Å². The Labute approximate surface area is 185 Å². The minimum absolute atomic E-state index is 0.0851. The van der Waals surface area contributed by atoms with Crippen LogP contribution in [0.15, 0.2) is 65.0 Å². The van der Waals surface area contributed by atoms with Gasteiger partial charge in [-0.15, -0.1) is 11.3 Å². The third kappa shape index (κ3) is 4.30. The molecule has 0 saturated carbocycles. The van der Waals surface area contributed by atoms with Crippen LogP contribution in [0, 0.1) is 0 Å². The van der Waals surface area contributed by atoms with Crippen molar-refractivity contribution in [3.8, 4) is 11.1 Å². The lowest BCUT2D eigenvalue weighted by Gasteiger charge is -2.14. The molecule has 2 aromatic carbocycles. The average Bonchev–Trinajstić information content (AvgIpc) is 3.21. The molecule has 5 nitrogen and oxygen atoms in total. The minimum atomic E-state index is -0.250. The summed E-state index contributed by atoms with van der Waals surface area (Å²) in [6.45, 7) is 6.19. The molecule has 1 amide bonds. The summed E-state index contributed by atoms with van der Waals surface area (Å²) < 4.78 is 1.38. The molecule has 0 aliphatic heterocycles. The van der Waals surface area contributed by atoms with Crippen molar-refractivity contribution >= 4 is 33.1 Å². The van der Waals surface area contributed by atoms with Gasteiger partial charge < -0.3 is 5.32 Å². The van der Waals surface area contributed by atoms with E-state index in [9.17, 15) is 9.59 Å². The molecule has 0 fully saturated rings. The first-order chi connectivity index (χ1) is 15.0. The first-order valence-corrected chi connectivity index (χ1v) is 11.3. The smallest absolute Gasteiger partial charge is 0.263 e. The Bertz CT molecular complexity index is 1290. The molecule has 4 rings (SSSR count). The molecule has 0 aliphatic carbocycles. The van der Waals surface area contributed by atoms with Crippen LogP contribution in [0.3, 0.4) is 0 Å². The predicted octanol–water partition coefficient (Wildman–Crippen LogP) is 5.45. The van der Waals surface area contributed by atoms with Gasteiger partial charge in [-0.25, -0.2) is 4.98 Å². The summed E-state index contributed by atoms with van der Waals surface area (Å²) in [4.78, 5) is 31.0. The van der Waals surface area contributed by atoms with E-state index in [4.69, 9.17) is 0 Å². The number of carbonyl (C=O) groups is 1. The number of para-hydroxylation sites is 1. The van der Waals surface area contributed by atoms with Gasteiger partial charge in [-0.05, 0) is 35.1 Å². The van der Waals surface area contributed by atoms with Crippen LogP contribution < -0.4 is 10.9 Å². The molecule has 6 heteroatoms. The molecule has 2 heterocycles. The summed E-state index contributed by atoms with van der Waals surface area (Å²) in [5.74, 6) is 0.0325. The fourth-order valence-corrected chi connectivity index (χ4v) is 4.58. The lowest BCUT2D eigenvalue weighted by atomic mass is 10.0. The van der Waals surface area contributed by atoms with E-state index in [1.54, 1.807) is 0 Å². The third-order valence-electron chi connectivity index (χ3n) is 5.40. The molecule has 0 aliphatic rings. The number of hydrogen-bond acceptors (Lipinski definition) is 4. The van der Waals surface area contributed by atoms with Gasteiger partial charge in [0, 0.05) is 16.6 Å². The standard InChI is InChI=1S/C25H25N3O2S/c1-4-17-9-11-18(12-10-17)20-14-31-24-23(20)25(30)28(15-26-24)13-22(29)27-21-8-6-5-7-19(21)16(2)3/h5-12,14-16H,4,13H2,1-3H3,(H,27,29). The van der Waals surface area contributed by atoms with Crippen molar-refractivity contribution in [2.75, 3.05) is 5.32 Å². The lowest BCUT2D eigenvalue weighted by molar-refractivity contribution is -0.116. The van der Waals surface area contributed by atoms with Crippen LogP contribution in [0.5, 0.6) is 0 Å². The molecule has 0 saturated heterocycles. The van der Waals surface area contributed by atoms with Crippen LogP contribution >= 0.6 is 11.3 Å². The van der Waals surface area contributed by atoms with E-state index in [0.29, 0.717) is 10.2 Å². The van der Waals surface area contributed by atoms with Crippen LogP contribution in [0.1, 0.15) is 37.8 Å². The van der Waals surface area contributed by atoms with E-state index < -0.39 is 0 Å². The van der Waals surface area contributed by atoms with Crippen LogP contribution in [0.4, 0.5) is 5.69 Å². The molecule has 2 aromatic heterocycles. The molecule has 0 radical (unpaired) electrons. The zero-order valence-corrected chi connectivity index (χ0v) is 18.7. The van der Waals surface area contributed by atoms with E-state index in [2.05, 4.69) is 43.2 Å². The van der Waals surface area contributed by atoms with Gasteiger partial charge in [0.15, 0.2) is 0 Å². The Balaban J connectivity index is 1.64. The Hall–Kier alpha value is -3.25. The van der Waals surface area contributed by atoms with Gasteiger partial charge in [-0.3, -0.25) is 14.2 Å². The number of thiophene rings is 1. The number of nitrogens with one attached hydrogen (secondary N) is 1. The number of hydrogen-bond donors (Lipinski definition) is 1. The van der Waals surface area contributed by atoms with Crippen LogP contribution in [-0.4, -0.2) is 15.5 Å². The van der Waals surface area contributed by atoms with Crippen molar-refractivity contribution in [2.24, 2.45) is 0 Å². The van der Waals surface area contributed by atoms with Gasteiger partial charge in [0.2, 0.25) is 5.91 Å². The maximum absolute atomic E-state index is 13.2. The second kappa shape index (κ2) is 8.86. The number of carbonyl (C=O) groups excluding carboxylic acids is 1. The van der Waals surface area contributed by atoms with Crippen LogP contribution in [0.2, 0.25) is 0 Å². The second-order valence-corrected chi connectivity index (χ2v) is 8.71. The highest BCUT2D eigenvalue weighted by Gasteiger charge is 2.16. The molecular weight excluding hydrogens is 406 g/mol. The van der Waals surface area contributed by atoms with Gasteiger partial charge in [0.1, 0.15) is 11.4 Å². The Kier molecular flexibility index (Phi) is 6.00. The zero-order chi connectivity index (χ0) is 22.0. The second-order valence-electron chi connectivity index (χ2n) is 7.85.